The van der Waals surface area contributed by atoms with E-state index in [4.69, 9.17) is 4.99 Å². The summed E-state index contributed by atoms with van der Waals surface area (Å²) in [5, 5.41) is 2.77. The Labute approximate surface area is 275 Å². The van der Waals surface area contributed by atoms with E-state index in [1.807, 2.05) is 19.9 Å². The summed E-state index contributed by atoms with van der Waals surface area (Å²) in [6.45, 7) is 25.4. The number of allylic oxidation sites excluding steroid dienone is 1. The fourth-order valence-electron chi connectivity index (χ4n) is 4.95. The van der Waals surface area contributed by atoms with E-state index in [0.29, 0.717) is 19.4 Å². The lowest BCUT2D eigenvalue weighted by molar-refractivity contribution is -0.140. The van der Waals surface area contributed by atoms with Gasteiger partial charge in [-0.3, -0.25) is 24.3 Å². The maximum Gasteiger partial charge on any atom is 0.307 e. The highest BCUT2D eigenvalue weighted by Crippen LogP contribution is 2.28. The third-order valence-corrected chi connectivity index (χ3v) is 7.24. The van der Waals surface area contributed by atoms with Crippen LogP contribution in [-0.2, 0) is 32.0 Å². The van der Waals surface area contributed by atoms with Crippen LogP contribution in [0, 0.1) is 11.8 Å². The SMILES string of the molecule is C=CC(C/C=C/C(CCC)N1CC(=O)CC(c2cc(CC)cc(CC)c2)=NC1(C)C)C(=O)NCCC(=O)OC.CC.CC(C)C. The minimum atomic E-state index is -0.580. The number of benzene rings is 1. The van der Waals surface area contributed by atoms with Gasteiger partial charge in [0.15, 0.2) is 5.78 Å². The van der Waals surface area contributed by atoms with Crippen molar-refractivity contribution in [3.63, 3.8) is 0 Å². The van der Waals surface area contributed by atoms with E-state index >= 15 is 0 Å². The molecular weight excluding hydrogens is 562 g/mol. The summed E-state index contributed by atoms with van der Waals surface area (Å²) in [7, 11) is 1.32. The van der Waals surface area contributed by atoms with Crippen LogP contribution in [0.25, 0.3) is 0 Å². The number of esters is 1. The second kappa shape index (κ2) is 22.4. The number of carbonyl (C=O) groups is 3. The maximum atomic E-state index is 13.2. The molecule has 1 aromatic rings. The second-order valence-corrected chi connectivity index (χ2v) is 12.4. The van der Waals surface area contributed by atoms with E-state index in [1.54, 1.807) is 6.08 Å². The van der Waals surface area contributed by atoms with Crippen molar-refractivity contribution in [3.8, 4) is 0 Å². The highest BCUT2D eigenvalue weighted by Gasteiger charge is 2.36. The predicted molar refractivity (Wildman–Crippen MR) is 190 cm³/mol. The van der Waals surface area contributed by atoms with Crippen LogP contribution in [0.5, 0.6) is 0 Å². The first-order valence-corrected chi connectivity index (χ1v) is 17.0. The largest absolute Gasteiger partial charge is 0.469 e. The average molecular weight is 626 g/mol. The molecule has 1 aliphatic rings. The molecule has 0 bridgehead atoms. The molecule has 1 heterocycles. The monoisotopic (exact) mass is 625 g/mol. The van der Waals surface area contributed by atoms with Crippen LogP contribution in [0.2, 0.25) is 0 Å². The van der Waals surface area contributed by atoms with E-state index in [0.717, 1.165) is 42.9 Å². The maximum absolute atomic E-state index is 13.2. The number of rotatable bonds is 14. The van der Waals surface area contributed by atoms with Crippen molar-refractivity contribution >= 4 is 23.4 Å². The average Bonchev–Trinajstić information content (AvgIpc) is 3.13. The van der Waals surface area contributed by atoms with Gasteiger partial charge in [-0.2, -0.15) is 0 Å². The molecule has 2 unspecified atom stereocenters. The van der Waals surface area contributed by atoms with Crippen LogP contribution in [0.4, 0.5) is 0 Å². The lowest BCUT2D eigenvalue weighted by Crippen LogP contribution is -2.49. The van der Waals surface area contributed by atoms with Crippen molar-refractivity contribution in [3.05, 3.63) is 59.7 Å². The molecule has 1 N–H and O–H groups in total. The molecule has 7 heteroatoms. The Bertz CT molecular complexity index is 1090. The summed E-state index contributed by atoms with van der Waals surface area (Å²) in [4.78, 5) is 44.5. The number of ether oxygens (including phenoxy) is 1. The number of hydrogen-bond acceptors (Lipinski definition) is 6. The molecule has 7 nitrogen and oxygen atoms in total. The van der Waals surface area contributed by atoms with Crippen LogP contribution < -0.4 is 5.32 Å². The molecule has 2 rings (SSSR count). The first kappa shape index (κ1) is 41.9. The van der Waals surface area contributed by atoms with Gasteiger partial charge in [0.1, 0.15) is 5.66 Å². The van der Waals surface area contributed by atoms with Crippen molar-refractivity contribution in [2.24, 2.45) is 16.8 Å². The minimum absolute atomic E-state index is 0.00178. The molecule has 45 heavy (non-hydrogen) atoms. The number of aliphatic imine (C=N–C) groups is 1. The van der Waals surface area contributed by atoms with E-state index in [9.17, 15) is 14.4 Å². The van der Waals surface area contributed by atoms with Crippen molar-refractivity contribution in [1.82, 2.24) is 10.2 Å². The predicted octanol–water partition coefficient (Wildman–Crippen LogP) is 7.90. The van der Waals surface area contributed by atoms with Gasteiger partial charge in [-0.15, -0.1) is 6.58 Å². The molecule has 0 aliphatic carbocycles. The summed E-state index contributed by atoms with van der Waals surface area (Å²) < 4.78 is 4.62. The molecule has 0 aromatic heterocycles. The molecule has 2 atom stereocenters. The fourth-order valence-corrected chi connectivity index (χ4v) is 4.95. The molecular formula is C38H63N3O4. The van der Waals surface area contributed by atoms with E-state index in [1.165, 1.54) is 18.2 Å². The molecule has 0 saturated carbocycles. The number of aryl methyl sites for hydroxylation is 2. The van der Waals surface area contributed by atoms with Gasteiger partial charge in [-0.25, -0.2) is 0 Å². The van der Waals surface area contributed by atoms with E-state index in [-0.39, 0.29) is 36.7 Å². The van der Waals surface area contributed by atoms with Gasteiger partial charge < -0.3 is 10.1 Å². The van der Waals surface area contributed by atoms with Gasteiger partial charge in [-0.1, -0.05) is 86.1 Å². The summed E-state index contributed by atoms with van der Waals surface area (Å²) in [5.41, 5.74) is 3.84. The van der Waals surface area contributed by atoms with Gasteiger partial charge >= 0.3 is 5.97 Å². The van der Waals surface area contributed by atoms with E-state index < -0.39 is 11.6 Å². The van der Waals surface area contributed by atoms with Crippen molar-refractivity contribution in [2.45, 2.75) is 126 Å². The van der Waals surface area contributed by atoms with Crippen LogP contribution >= 0.6 is 0 Å². The van der Waals surface area contributed by atoms with Crippen LogP contribution in [-0.4, -0.2) is 60.2 Å². The van der Waals surface area contributed by atoms with Gasteiger partial charge in [-0.05, 0) is 74.3 Å². The number of nitrogens with zero attached hydrogens (tertiary/aromatic N) is 2. The van der Waals surface area contributed by atoms with Gasteiger partial charge in [0, 0.05) is 12.6 Å². The number of carbonyl (C=O) groups excluding carboxylic acids is 3. The standard InChI is InChI=1S/C32H47N3O4.C4H10.C2H6/c1-8-13-27(15-12-14-25(11-4)31(38)33-17-16-30(37)39-7)35-22-28(36)21-29(34-32(35,5)6)26-19-23(9-2)18-24(10-3)20-26;1-4(2)3;1-2/h11-12,15,18-20,25,27H,4,8-10,13-14,16-17,21-22H2,1-3,5-7H3,(H,33,38);4H,1-3H3;1-2H3/b15-12+;;. The minimum Gasteiger partial charge on any atom is -0.469 e. The third kappa shape index (κ3) is 15.7. The summed E-state index contributed by atoms with van der Waals surface area (Å²) in [6.07, 6.45) is 10.4. The number of methoxy groups -OCH3 is 1. The zero-order valence-corrected chi connectivity index (χ0v) is 30.3. The van der Waals surface area contributed by atoms with Crippen LogP contribution in [0.15, 0.2) is 48.0 Å². The molecule has 1 aromatic carbocycles. The molecule has 1 aliphatic heterocycles. The fraction of sp³-hybridized carbons (Fsp3) is 0.632. The lowest BCUT2D eigenvalue weighted by Gasteiger charge is -2.39. The third-order valence-electron chi connectivity index (χ3n) is 7.24. The van der Waals surface area contributed by atoms with Gasteiger partial charge in [0.2, 0.25) is 5.91 Å². The van der Waals surface area contributed by atoms with Crippen molar-refractivity contribution in [2.75, 3.05) is 20.2 Å². The molecule has 254 valence electrons. The summed E-state index contributed by atoms with van der Waals surface area (Å²) in [6, 6.07) is 6.58. The number of nitrogens with one attached hydrogen (secondary N) is 1. The first-order valence-electron chi connectivity index (χ1n) is 17.0. The van der Waals surface area contributed by atoms with Crippen molar-refractivity contribution < 1.29 is 19.1 Å². The Kier molecular flexibility index (Phi) is 20.9. The Morgan fingerprint density at radius 3 is 2.16 bits per heavy atom. The number of hydrogen-bond donors (Lipinski definition) is 1. The number of ketones is 1. The molecule has 0 radical (unpaired) electrons. The summed E-state index contributed by atoms with van der Waals surface area (Å²) >= 11 is 0. The highest BCUT2D eigenvalue weighted by molar-refractivity contribution is 6.12. The Morgan fingerprint density at radius 1 is 1.09 bits per heavy atom. The van der Waals surface area contributed by atoms with Crippen LogP contribution in [0.1, 0.15) is 118 Å². The van der Waals surface area contributed by atoms with Crippen LogP contribution in [0.3, 0.4) is 0 Å². The van der Waals surface area contributed by atoms with Gasteiger partial charge in [0.25, 0.3) is 0 Å². The van der Waals surface area contributed by atoms with E-state index in [2.05, 4.69) is 101 Å². The zero-order chi connectivity index (χ0) is 34.6. The molecule has 1 amide bonds. The normalized spacial score (nSPS) is 15.9. The highest BCUT2D eigenvalue weighted by atomic mass is 16.5. The first-order chi connectivity index (χ1) is 21.3. The Balaban J connectivity index is 0.00000298. The smallest absolute Gasteiger partial charge is 0.307 e. The molecule has 0 spiro atoms. The van der Waals surface area contributed by atoms with Crippen molar-refractivity contribution in [1.29, 1.82) is 0 Å². The topological polar surface area (TPSA) is 88.1 Å². The number of Topliss-reactive ketones (excluding diaryl/α,β-unsaturated/α-hetero) is 1. The zero-order valence-electron chi connectivity index (χ0n) is 30.3. The quantitative estimate of drug-likeness (QED) is 0.168. The Hall–Kier alpha value is -3.06. The second-order valence-electron chi connectivity index (χ2n) is 12.4. The summed E-state index contributed by atoms with van der Waals surface area (Å²) in [5.74, 6) is 0.0360. The molecule has 0 saturated heterocycles. The molecule has 0 fully saturated rings. The lowest BCUT2D eigenvalue weighted by atomic mass is 9.97. The van der Waals surface area contributed by atoms with Gasteiger partial charge in [0.05, 0.1) is 38.1 Å². The Morgan fingerprint density at radius 2 is 1.67 bits per heavy atom. The number of amides is 1.